The second kappa shape index (κ2) is 8.80. The first-order valence-electron chi connectivity index (χ1n) is 7.59. The molecule has 0 aliphatic carbocycles. The molecule has 0 aromatic heterocycles. The lowest BCUT2D eigenvalue weighted by atomic mass is 10.1. The summed E-state index contributed by atoms with van der Waals surface area (Å²) in [7, 11) is 0. The molecule has 0 aliphatic heterocycles. The highest BCUT2D eigenvalue weighted by Gasteiger charge is 2.13. The molecule has 0 atom stereocenters. The van der Waals surface area contributed by atoms with E-state index in [1.165, 1.54) is 6.21 Å². The van der Waals surface area contributed by atoms with Crippen molar-refractivity contribution in [3.05, 3.63) is 70.3 Å². The van der Waals surface area contributed by atoms with Gasteiger partial charge in [-0.3, -0.25) is 9.59 Å². The van der Waals surface area contributed by atoms with Crippen molar-refractivity contribution < 1.29 is 9.59 Å². The van der Waals surface area contributed by atoms with Gasteiger partial charge in [-0.15, -0.1) is 0 Å². The molecule has 0 heterocycles. The van der Waals surface area contributed by atoms with Crippen molar-refractivity contribution in [3.63, 3.8) is 0 Å². The Morgan fingerprint density at radius 2 is 1.80 bits per heavy atom. The van der Waals surface area contributed by atoms with Gasteiger partial charge < -0.3 is 5.32 Å². The molecule has 0 saturated heterocycles. The molecule has 2 aromatic rings. The van der Waals surface area contributed by atoms with E-state index in [9.17, 15) is 9.59 Å². The number of hydrogen-bond donors (Lipinski definition) is 2. The second-order valence-electron chi connectivity index (χ2n) is 5.42. The molecule has 2 rings (SSSR count). The molecule has 0 aliphatic rings. The highest BCUT2D eigenvalue weighted by atomic mass is 35.5. The highest BCUT2D eigenvalue weighted by molar-refractivity contribution is 6.39. The van der Waals surface area contributed by atoms with Crippen molar-refractivity contribution in [1.29, 1.82) is 0 Å². The second-order valence-corrected chi connectivity index (χ2v) is 5.82. The Bertz CT molecular complexity index is 830. The zero-order chi connectivity index (χ0) is 18.2. The SMILES string of the molecule is CC(=C/c1ccccc1)/C=N/NC(=O)C(=O)Nc1ccc(C)c(Cl)c1. The average Bonchev–Trinajstić information content (AvgIpc) is 2.59. The summed E-state index contributed by atoms with van der Waals surface area (Å²) in [5.41, 5.74) is 5.37. The Labute approximate surface area is 151 Å². The predicted octanol–water partition coefficient (Wildman–Crippen LogP) is 3.79. The minimum absolute atomic E-state index is 0.444. The standard InChI is InChI=1S/C19H18ClN3O2/c1-13(10-15-6-4-3-5-7-15)12-21-23-19(25)18(24)22-16-9-8-14(2)17(20)11-16/h3-12H,1-2H3,(H,22,24)(H,23,25)/b13-10-,21-12+. The molecule has 2 aromatic carbocycles. The Morgan fingerprint density at radius 1 is 1.08 bits per heavy atom. The van der Waals surface area contributed by atoms with Crippen LogP contribution in [0.4, 0.5) is 5.69 Å². The number of hydrogen-bond acceptors (Lipinski definition) is 3. The monoisotopic (exact) mass is 355 g/mol. The number of hydrazone groups is 1. The van der Waals surface area contributed by atoms with Crippen LogP contribution in [0.5, 0.6) is 0 Å². The van der Waals surface area contributed by atoms with Gasteiger partial charge in [0.05, 0.1) is 6.21 Å². The molecule has 128 valence electrons. The summed E-state index contributed by atoms with van der Waals surface area (Å²) >= 11 is 5.98. The first kappa shape index (κ1) is 18.4. The van der Waals surface area contributed by atoms with E-state index < -0.39 is 11.8 Å². The van der Waals surface area contributed by atoms with Crippen LogP contribution >= 0.6 is 11.6 Å². The van der Waals surface area contributed by atoms with Crippen molar-refractivity contribution in [2.24, 2.45) is 5.10 Å². The van der Waals surface area contributed by atoms with Gasteiger partial charge in [0.25, 0.3) is 0 Å². The molecular formula is C19H18ClN3O2. The van der Waals surface area contributed by atoms with E-state index in [4.69, 9.17) is 11.6 Å². The Hall–Kier alpha value is -2.92. The van der Waals surface area contributed by atoms with Crippen LogP contribution in [0.25, 0.3) is 6.08 Å². The molecule has 25 heavy (non-hydrogen) atoms. The van der Waals surface area contributed by atoms with Crippen molar-refractivity contribution in [2.75, 3.05) is 5.32 Å². The molecule has 2 N–H and O–H groups in total. The van der Waals surface area contributed by atoms with Crippen LogP contribution in [-0.4, -0.2) is 18.0 Å². The number of nitrogens with one attached hydrogen (secondary N) is 2. The van der Waals surface area contributed by atoms with Gasteiger partial charge >= 0.3 is 11.8 Å². The predicted molar refractivity (Wildman–Crippen MR) is 102 cm³/mol. The van der Waals surface area contributed by atoms with Crippen LogP contribution in [0.2, 0.25) is 5.02 Å². The molecule has 5 nitrogen and oxygen atoms in total. The fourth-order valence-electron chi connectivity index (χ4n) is 1.95. The van der Waals surface area contributed by atoms with Crippen LogP contribution in [0.1, 0.15) is 18.1 Å². The molecule has 0 fully saturated rings. The summed E-state index contributed by atoms with van der Waals surface area (Å²) in [6.45, 7) is 3.69. The minimum Gasteiger partial charge on any atom is -0.318 e. The maximum Gasteiger partial charge on any atom is 0.329 e. The van der Waals surface area contributed by atoms with E-state index in [-0.39, 0.29) is 0 Å². The summed E-state index contributed by atoms with van der Waals surface area (Å²) in [6, 6.07) is 14.7. The zero-order valence-electron chi connectivity index (χ0n) is 13.9. The van der Waals surface area contributed by atoms with Crippen LogP contribution in [0.3, 0.4) is 0 Å². The van der Waals surface area contributed by atoms with E-state index in [0.717, 1.165) is 16.7 Å². The van der Waals surface area contributed by atoms with Gasteiger partial charge in [-0.2, -0.15) is 5.10 Å². The van der Waals surface area contributed by atoms with Crippen molar-refractivity contribution in [1.82, 2.24) is 5.43 Å². The first-order valence-corrected chi connectivity index (χ1v) is 7.97. The lowest BCUT2D eigenvalue weighted by molar-refractivity contribution is -0.136. The van der Waals surface area contributed by atoms with Crippen LogP contribution in [-0.2, 0) is 9.59 Å². The minimum atomic E-state index is -0.861. The maximum atomic E-state index is 11.8. The third kappa shape index (κ3) is 5.90. The largest absolute Gasteiger partial charge is 0.329 e. The number of carbonyl (C=O) groups excluding carboxylic acids is 2. The molecular weight excluding hydrogens is 338 g/mol. The molecule has 0 saturated carbocycles. The number of halogens is 1. The molecule has 0 radical (unpaired) electrons. The number of aryl methyl sites for hydroxylation is 1. The maximum absolute atomic E-state index is 11.8. The van der Waals surface area contributed by atoms with E-state index in [2.05, 4.69) is 15.8 Å². The lowest BCUT2D eigenvalue weighted by Gasteiger charge is -2.05. The van der Waals surface area contributed by atoms with Gasteiger partial charge in [0, 0.05) is 10.7 Å². The summed E-state index contributed by atoms with van der Waals surface area (Å²) in [5, 5.41) is 6.76. The third-order valence-electron chi connectivity index (χ3n) is 3.26. The Morgan fingerprint density at radius 3 is 2.48 bits per heavy atom. The number of amides is 2. The van der Waals surface area contributed by atoms with Gasteiger partial charge in [0.1, 0.15) is 0 Å². The first-order chi connectivity index (χ1) is 12.0. The summed E-state index contributed by atoms with van der Waals surface area (Å²) < 4.78 is 0. The fourth-order valence-corrected chi connectivity index (χ4v) is 2.13. The van der Waals surface area contributed by atoms with Crippen LogP contribution in [0, 0.1) is 6.92 Å². The van der Waals surface area contributed by atoms with Gasteiger partial charge in [-0.1, -0.05) is 54.1 Å². The molecule has 0 spiro atoms. The Kier molecular flexibility index (Phi) is 6.48. The quantitative estimate of drug-likeness (QED) is 0.497. The fraction of sp³-hybridized carbons (Fsp3) is 0.105. The molecule has 6 heteroatoms. The zero-order valence-corrected chi connectivity index (χ0v) is 14.7. The van der Waals surface area contributed by atoms with Crippen molar-refractivity contribution in [3.8, 4) is 0 Å². The van der Waals surface area contributed by atoms with Gasteiger partial charge in [0.2, 0.25) is 0 Å². The van der Waals surface area contributed by atoms with E-state index in [1.54, 1.807) is 18.2 Å². The lowest BCUT2D eigenvalue weighted by Crippen LogP contribution is -2.32. The number of allylic oxidation sites excluding steroid dienone is 1. The Balaban J connectivity index is 1.89. The third-order valence-corrected chi connectivity index (χ3v) is 3.67. The molecule has 0 unspecified atom stereocenters. The van der Waals surface area contributed by atoms with Crippen LogP contribution in [0.15, 0.2) is 59.2 Å². The van der Waals surface area contributed by atoms with Gasteiger partial charge in [0.15, 0.2) is 0 Å². The number of carbonyl (C=O) groups is 2. The topological polar surface area (TPSA) is 70.6 Å². The smallest absolute Gasteiger partial charge is 0.318 e. The summed E-state index contributed by atoms with van der Waals surface area (Å²) in [6.07, 6.45) is 3.38. The summed E-state index contributed by atoms with van der Waals surface area (Å²) in [5.74, 6) is -1.68. The number of rotatable bonds is 4. The molecule has 0 bridgehead atoms. The van der Waals surface area contributed by atoms with Crippen molar-refractivity contribution in [2.45, 2.75) is 13.8 Å². The number of anilines is 1. The average molecular weight is 356 g/mol. The van der Waals surface area contributed by atoms with Crippen LogP contribution < -0.4 is 10.7 Å². The van der Waals surface area contributed by atoms with Crippen molar-refractivity contribution >= 4 is 41.4 Å². The van der Waals surface area contributed by atoms with Gasteiger partial charge in [-0.25, -0.2) is 5.43 Å². The normalized spacial score (nSPS) is 11.4. The summed E-state index contributed by atoms with van der Waals surface area (Å²) in [4.78, 5) is 23.6. The van der Waals surface area contributed by atoms with E-state index in [1.807, 2.05) is 50.3 Å². The van der Waals surface area contributed by atoms with E-state index >= 15 is 0 Å². The highest BCUT2D eigenvalue weighted by Crippen LogP contribution is 2.19. The number of nitrogens with zero attached hydrogens (tertiary/aromatic N) is 1. The van der Waals surface area contributed by atoms with E-state index in [0.29, 0.717) is 10.7 Å². The molecule has 2 amide bonds. The number of benzene rings is 2. The van der Waals surface area contributed by atoms with Gasteiger partial charge in [-0.05, 0) is 42.7 Å².